The molecule has 6 heteroatoms. The van der Waals surface area contributed by atoms with Crippen LogP contribution in [0.15, 0.2) is 46.9 Å². The second kappa shape index (κ2) is 6.69. The van der Waals surface area contributed by atoms with Crippen molar-refractivity contribution in [2.45, 2.75) is 6.92 Å². The molecule has 0 spiro atoms. The number of thiocarbonyl (C=S) groups is 1. The molecule has 2 aromatic rings. The fraction of sp³-hybridized carbons (Fsp3) is 0.0667. The number of nitrogens with one attached hydrogen (secondary N) is 2. The van der Waals surface area contributed by atoms with Crippen molar-refractivity contribution in [3.05, 3.63) is 58.1 Å². The van der Waals surface area contributed by atoms with E-state index in [0.717, 1.165) is 15.7 Å². The number of carbonyl (C=O) groups is 1. The number of halogens is 1. The van der Waals surface area contributed by atoms with E-state index >= 15 is 0 Å². The summed E-state index contributed by atoms with van der Waals surface area (Å²) in [5.41, 5.74) is 8.58. The molecule has 4 N–H and O–H groups in total. The molecular formula is C15H14BrN3OS. The summed E-state index contributed by atoms with van der Waals surface area (Å²) in [6.07, 6.45) is 0. The van der Waals surface area contributed by atoms with Crippen LogP contribution in [0.1, 0.15) is 15.9 Å². The number of nitrogen functional groups attached to an aromatic ring is 1. The van der Waals surface area contributed by atoms with Crippen molar-refractivity contribution in [3.8, 4) is 0 Å². The van der Waals surface area contributed by atoms with Crippen LogP contribution in [-0.4, -0.2) is 11.0 Å². The lowest BCUT2D eigenvalue weighted by Crippen LogP contribution is -2.34. The smallest absolute Gasteiger partial charge is 0.257 e. The number of benzene rings is 2. The minimum atomic E-state index is -0.251. The number of hydrogen-bond donors (Lipinski definition) is 3. The lowest BCUT2D eigenvalue weighted by molar-refractivity contribution is 0.0977. The van der Waals surface area contributed by atoms with Gasteiger partial charge in [-0.25, -0.2) is 0 Å². The standard InChI is InChI=1S/C15H14BrN3OS/c1-9-8-10(2-7-13(9)16)14(20)19-15(21)18-12-5-3-11(17)4-6-12/h2-8H,17H2,1H3,(H2,18,19,20,21). The molecule has 0 fully saturated rings. The summed E-state index contributed by atoms with van der Waals surface area (Å²) in [7, 11) is 0. The first-order chi connectivity index (χ1) is 9.95. The first kappa shape index (κ1) is 15.5. The Morgan fingerprint density at radius 1 is 1.19 bits per heavy atom. The molecular weight excluding hydrogens is 350 g/mol. The molecule has 21 heavy (non-hydrogen) atoms. The van der Waals surface area contributed by atoms with Crippen LogP contribution < -0.4 is 16.4 Å². The van der Waals surface area contributed by atoms with E-state index in [1.807, 2.05) is 13.0 Å². The minimum absolute atomic E-state index is 0.241. The zero-order valence-electron chi connectivity index (χ0n) is 11.3. The summed E-state index contributed by atoms with van der Waals surface area (Å²) < 4.78 is 0.960. The Hall–Kier alpha value is -1.92. The lowest BCUT2D eigenvalue weighted by Gasteiger charge is -2.10. The Labute approximate surface area is 136 Å². The number of rotatable bonds is 2. The summed E-state index contributed by atoms with van der Waals surface area (Å²) in [5, 5.41) is 5.81. The normalized spacial score (nSPS) is 10.0. The van der Waals surface area contributed by atoms with Gasteiger partial charge >= 0.3 is 0 Å². The van der Waals surface area contributed by atoms with E-state index in [1.165, 1.54) is 0 Å². The molecule has 0 heterocycles. The number of anilines is 2. The maximum atomic E-state index is 12.1. The van der Waals surface area contributed by atoms with E-state index in [2.05, 4.69) is 26.6 Å². The van der Waals surface area contributed by atoms with Gasteiger partial charge in [0.25, 0.3) is 5.91 Å². The molecule has 0 aromatic heterocycles. The molecule has 0 saturated heterocycles. The summed E-state index contributed by atoms with van der Waals surface area (Å²) in [6.45, 7) is 1.92. The highest BCUT2D eigenvalue weighted by atomic mass is 79.9. The van der Waals surface area contributed by atoms with Crippen LogP contribution in [0, 0.1) is 6.92 Å². The third-order valence-corrected chi connectivity index (χ3v) is 3.91. The van der Waals surface area contributed by atoms with Crippen molar-refractivity contribution >= 4 is 50.5 Å². The molecule has 0 aliphatic rings. The van der Waals surface area contributed by atoms with E-state index in [-0.39, 0.29) is 11.0 Å². The van der Waals surface area contributed by atoms with Crippen molar-refractivity contribution in [2.24, 2.45) is 0 Å². The number of carbonyl (C=O) groups excluding carboxylic acids is 1. The number of aryl methyl sites for hydroxylation is 1. The fourth-order valence-corrected chi connectivity index (χ4v) is 2.15. The Kier molecular flexibility index (Phi) is 4.93. The van der Waals surface area contributed by atoms with Gasteiger partial charge in [-0.05, 0) is 67.2 Å². The maximum absolute atomic E-state index is 12.1. The van der Waals surface area contributed by atoms with Gasteiger partial charge in [-0.2, -0.15) is 0 Å². The highest BCUT2D eigenvalue weighted by Gasteiger charge is 2.09. The molecule has 2 rings (SSSR count). The van der Waals surface area contributed by atoms with Crippen molar-refractivity contribution in [3.63, 3.8) is 0 Å². The van der Waals surface area contributed by atoms with Crippen LogP contribution in [0.3, 0.4) is 0 Å². The van der Waals surface area contributed by atoms with Crippen molar-refractivity contribution in [2.75, 3.05) is 11.1 Å². The van der Waals surface area contributed by atoms with Gasteiger partial charge in [0.05, 0.1) is 0 Å². The fourth-order valence-electron chi connectivity index (χ4n) is 1.69. The Morgan fingerprint density at radius 3 is 2.48 bits per heavy atom. The summed E-state index contributed by atoms with van der Waals surface area (Å²) in [6, 6.07) is 12.5. The Morgan fingerprint density at radius 2 is 1.86 bits per heavy atom. The van der Waals surface area contributed by atoms with Gasteiger partial charge in [-0.15, -0.1) is 0 Å². The van der Waals surface area contributed by atoms with E-state index < -0.39 is 0 Å². The van der Waals surface area contributed by atoms with Crippen molar-refractivity contribution in [1.29, 1.82) is 0 Å². The average molecular weight is 364 g/mol. The average Bonchev–Trinajstić information content (AvgIpc) is 2.44. The topological polar surface area (TPSA) is 67.2 Å². The first-order valence-corrected chi connectivity index (χ1v) is 7.40. The second-order valence-electron chi connectivity index (χ2n) is 4.49. The zero-order valence-corrected chi connectivity index (χ0v) is 13.7. The monoisotopic (exact) mass is 363 g/mol. The summed E-state index contributed by atoms with van der Waals surface area (Å²) in [4.78, 5) is 12.1. The molecule has 0 bridgehead atoms. The molecule has 108 valence electrons. The van der Waals surface area contributed by atoms with Gasteiger partial charge in [-0.3, -0.25) is 10.1 Å². The van der Waals surface area contributed by atoms with Crippen LogP contribution in [0.4, 0.5) is 11.4 Å². The van der Waals surface area contributed by atoms with E-state index in [1.54, 1.807) is 36.4 Å². The third kappa shape index (κ3) is 4.27. The van der Waals surface area contributed by atoms with Gasteiger partial charge in [0, 0.05) is 21.4 Å². The van der Waals surface area contributed by atoms with Gasteiger partial charge < -0.3 is 11.1 Å². The van der Waals surface area contributed by atoms with Crippen LogP contribution in [0.5, 0.6) is 0 Å². The summed E-state index contributed by atoms with van der Waals surface area (Å²) >= 11 is 8.52. The number of amides is 1. The minimum Gasteiger partial charge on any atom is -0.399 e. The van der Waals surface area contributed by atoms with Crippen LogP contribution in [0.25, 0.3) is 0 Å². The SMILES string of the molecule is Cc1cc(C(=O)NC(=S)Nc2ccc(N)cc2)ccc1Br. The Balaban J connectivity index is 2.00. The third-order valence-electron chi connectivity index (χ3n) is 2.82. The molecule has 0 aliphatic heterocycles. The predicted octanol–water partition coefficient (Wildman–Crippen LogP) is 3.47. The molecule has 2 aromatic carbocycles. The van der Waals surface area contributed by atoms with Crippen LogP contribution in [-0.2, 0) is 0 Å². The first-order valence-electron chi connectivity index (χ1n) is 6.20. The maximum Gasteiger partial charge on any atom is 0.257 e. The number of hydrogen-bond acceptors (Lipinski definition) is 3. The predicted molar refractivity (Wildman–Crippen MR) is 93.4 cm³/mol. The van der Waals surface area contributed by atoms with Gasteiger partial charge in [-0.1, -0.05) is 15.9 Å². The highest BCUT2D eigenvalue weighted by Crippen LogP contribution is 2.17. The molecule has 0 saturated carbocycles. The van der Waals surface area contributed by atoms with Gasteiger partial charge in [0.1, 0.15) is 0 Å². The molecule has 0 radical (unpaired) electrons. The molecule has 1 amide bonds. The highest BCUT2D eigenvalue weighted by molar-refractivity contribution is 9.10. The van der Waals surface area contributed by atoms with Gasteiger partial charge in [0.2, 0.25) is 0 Å². The van der Waals surface area contributed by atoms with Crippen molar-refractivity contribution in [1.82, 2.24) is 5.32 Å². The second-order valence-corrected chi connectivity index (χ2v) is 5.76. The van der Waals surface area contributed by atoms with E-state index in [0.29, 0.717) is 11.3 Å². The Bertz CT molecular complexity index is 686. The quantitative estimate of drug-likeness (QED) is 0.564. The van der Waals surface area contributed by atoms with Gasteiger partial charge in [0.15, 0.2) is 5.11 Å². The molecule has 0 aliphatic carbocycles. The number of nitrogens with two attached hydrogens (primary N) is 1. The zero-order chi connectivity index (χ0) is 15.4. The van der Waals surface area contributed by atoms with E-state index in [4.69, 9.17) is 18.0 Å². The van der Waals surface area contributed by atoms with Crippen LogP contribution >= 0.6 is 28.1 Å². The molecule has 0 unspecified atom stereocenters. The molecule has 4 nitrogen and oxygen atoms in total. The van der Waals surface area contributed by atoms with Crippen molar-refractivity contribution < 1.29 is 4.79 Å². The van der Waals surface area contributed by atoms with E-state index in [9.17, 15) is 4.79 Å². The molecule has 0 atom stereocenters. The summed E-state index contributed by atoms with van der Waals surface area (Å²) in [5.74, 6) is -0.251. The van der Waals surface area contributed by atoms with Crippen LogP contribution in [0.2, 0.25) is 0 Å². The lowest BCUT2D eigenvalue weighted by atomic mass is 10.1. The largest absolute Gasteiger partial charge is 0.399 e.